The van der Waals surface area contributed by atoms with E-state index in [1.165, 1.54) is 0 Å². The number of carbonyl (C=O) groups is 2. The number of para-hydroxylation sites is 2. The van der Waals surface area contributed by atoms with E-state index in [9.17, 15) is 9.59 Å². The largest absolute Gasteiger partial charge is 0.495 e. The van der Waals surface area contributed by atoms with Crippen LogP contribution in [0.2, 0.25) is 0 Å². The molecule has 2 saturated heterocycles. The Labute approximate surface area is 238 Å². The van der Waals surface area contributed by atoms with Crippen LogP contribution < -0.4 is 25.2 Å². The Kier molecular flexibility index (Phi) is 10.3. The SMILES string of the molecule is COc1ccccc1N1CCN(c2ccc(NC(=O)CC(C)(C)C)cc2C(=O)NCCCN2CCOCC2)CC1. The van der Waals surface area contributed by atoms with E-state index in [1.807, 2.05) is 57.2 Å². The van der Waals surface area contributed by atoms with Crippen LogP contribution >= 0.6 is 0 Å². The monoisotopic (exact) mass is 551 g/mol. The van der Waals surface area contributed by atoms with Gasteiger partial charge >= 0.3 is 0 Å². The van der Waals surface area contributed by atoms with Crippen LogP contribution in [0.25, 0.3) is 0 Å². The number of amides is 2. The van der Waals surface area contributed by atoms with Crippen molar-refractivity contribution in [2.75, 3.05) is 87.8 Å². The summed E-state index contributed by atoms with van der Waals surface area (Å²) >= 11 is 0. The van der Waals surface area contributed by atoms with E-state index >= 15 is 0 Å². The zero-order valence-electron chi connectivity index (χ0n) is 24.5. The number of nitrogens with one attached hydrogen (secondary N) is 2. The summed E-state index contributed by atoms with van der Waals surface area (Å²) in [5, 5.41) is 6.12. The van der Waals surface area contributed by atoms with Gasteiger partial charge in [0.05, 0.1) is 31.6 Å². The van der Waals surface area contributed by atoms with E-state index < -0.39 is 0 Å². The number of carbonyl (C=O) groups excluding carboxylic acids is 2. The number of piperazine rings is 1. The van der Waals surface area contributed by atoms with Crippen LogP contribution in [0.5, 0.6) is 5.75 Å². The maximum absolute atomic E-state index is 13.5. The van der Waals surface area contributed by atoms with Gasteiger partial charge in [0.1, 0.15) is 5.75 Å². The van der Waals surface area contributed by atoms with Gasteiger partial charge < -0.3 is 29.9 Å². The fourth-order valence-corrected chi connectivity index (χ4v) is 5.26. The van der Waals surface area contributed by atoms with Crippen molar-refractivity contribution in [1.29, 1.82) is 0 Å². The van der Waals surface area contributed by atoms with Gasteiger partial charge in [0.15, 0.2) is 0 Å². The second kappa shape index (κ2) is 13.9. The lowest BCUT2D eigenvalue weighted by molar-refractivity contribution is -0.117. The predicted molar refractivity (Wildman–Crippen MR) is 161 cm³/mol. The Bertz CT molecular complexity index is 1130. The molecule has 2 aromatic rings. The highest BCUT2D eigenvalue weighted by molar-refractivity contribution is 6.02. The van der Waals surface area contributed by atoms with Crippen LogP contribution in [0, 0.1) is 5.41 Å². The molecule has 2 amide bonds. The predicted octanol–water partition coefficient (Wildman–Crippen LogP) is 3.85. The quantitative estimate of drug-likeness (QED) is 0.434. The first-order valence-electron chi connectivity index (χ1n) is 14.4. The summed E-state index contributed by atoms with van der Waals surface area (Å²) in [7, 11) is 1.70. The van der Waals surface area contributed by atoms with Crippen LogP contribution in [0.15, 0.2) is 42.5 Å². The molecule has 0 aliphatic carbocycles. The summed E-state index contributed by atoms with van der Waals surface area (Å²) < 4.78 is 11.0. The van der Waals surface area contributed by atoms with E-state index in [0.717, 1.165) is 82.6 Å². The van der Waals surface area contributed by atoms with Crippen molar-refractivity contribution in [1.82, 2.24) is 10.2 Å². The minimum absolute atomic E-state index is 0.0532. The summed E-state index contributed by atoms with van der Waals surface area (Å²) in [4.78, 5) is 33.1. The Hall–Kier alpha value is -3.30. The molecular weight excluding hydrogens is 506 g/mol. The number of morpholine rings is 1. The zero-order valence-corrected chi connectivity index (χ0v) is 24.5. The number of ether oxygens (including phenoxy) is 2. The number of hydrogen-bond donors (Lipinski definition) is 2. The van der Waals surface area contributed by atoms with Gasteiger partial charge in [-0.05, 0) is 48.7 Å². The first-order chi connectivity index (χ1) is 19.2. The second-order valence-electron chi connectivity index (χ2n) is 11.7. The molecule has 2 N–H and O–H groups in total. The minimum Gasteiger partial charge on any atom is -0.495 e. The van der Waals surface area contributed by atoms with Gasteiger partial charge in [0, 0.05) is 63.6 Å². The van der Waals surface area contributed by atoms with Crippen LogP contribution in [0.4, 0.5) is 17.1 Å². The van der Waals surface area contributed by atoms with Crippen LogP contribution in [-0.4, -0.2) is 89.4 Å². The third-order valence-corrected chi connectivity index (χ3v) is 7.30. The molecule has 0 atom stereocenters. The number of hydrogen-bond acceptors (Lipinski definition) is 7. The normalized spacial score (nSPS) is 16.5. The Morgan fingerprint density at radius 1 is 0.925 bits per heavy atom. The lowest BCUT2D eigenvalue weighted by Crippen LogP contribution is -2.47. The van der Waals surface area contributed by atoms with E-state index in [-0.39, 0.29) is 17.2 Å². The van der Waals surface area contributed by atoms with Gasteiger partial charge in [0.25, 0.3) is 5.91 Å². The molecule has 218 valence electrons. The molecular formula is C31H45N5O4. The number of rotatable bonds is 10. The molecule has 0 bridgehead atoms. The zero-order chi connectivity index (χ0) is 28.5. The van der Waals surface area contributed by atoms with Crippen LogP contribution in [-0.2, 0) is 9.53 Å². The summed E-state index contributed by atoms with van der Waals surface area (Å²) in [6.45, 7) is 14.2. The third kappa shape index (κ3) is 8.35. The Balaban J connectivity index is 1.45. The van der Waals surface area contributed by atoms with Crippen molar-refractivity contribution < 1.29 is 19.1 Å². The first kappa shape index (κ1) is 29.7. The molecule has 0 spiro atoms. The molecule has 2 aliphatic heterocycles. The highest BCUT2D eigenvalue weighted by Crippen LogP contribution is 2.31. The van der Waals surface area contributed by atoms with E-state index in [1.54, 1.807) is 7.11 Å². The summed E-state index contributed by atoms with van der Waals surface area (Å²) in [6.07, 6.45) is 1.28. The topological polar surface area (TPSA) is 86.4 Å². The van der Waals surface area contributed by atoms with Crippen LogP contribution in [0.3, 0.4) is 0 Å². The maximum atomic E-state index is 13.5. The maximum Gasteiger partial charge on any atom is 0.253 e. The minimum atomic E-state index is -0.119. The van der Waals surface area contributed by atoms with E-state index in [4.69, 9.17) is 9.47 Å². The molecule has 0 aromatic heterocycles. The van der Waals surface area contributed by atoms with Gasteiger partial charge in [-0.1, -0.05) is 32.9 Å². The van der Waals surface area contributed by atoms with Gasteiger partial charge in [-0.2, -0.15) is 0 Å². The van der Waals surface area contributed by atoms with Gasteiger partial charge in [-0.15, -0.1) is 0 Å². The third-order valence-electron chi connectivity index (χ3n) is 7.30. The second-order valence-corrected chi connectivity index (χ2v) is 11.7. The molecule has 40 heavy (non-hydrogen) atoms. The van der Waals surface area contributed by atoms with E-state index in [0.29, 0.717) is 24.2 Å². The first-order valence-corrected chi connectivity index (χ1v) is 14.4. The van der Waals surface area contributed by atoms with Gasteiger partial charge in [-0.25, -0.2) is 0 Å². The van der Waals surface area contributed by atoms with Crippen molar-refractivity contribution >= 4 is 28.9 Å². The Morgan fingerprint density at radius 3 is 2.27 bits per heavy atom. The average Bonchev–Trinajstić information content (AvgIpc) is 2.95. The van der Waals surface area contributed by atoms with Gasteiger partial charge in [0.2, 0.25) is 5.91 Å². The standard InChI is InChI=1S/C31H45N5O4/c1-31(2,3)23-29(37)33-24-10-11-26(25(22-24)30(38)32-12-7-13-34-18-20-40-21-19-34)35-14-16-36(17-15-35)27-8-5-6-9-28(27)39-4/h5-6,8-11,22H,7,12-21,23H2,1-4H3,(H,32,38)(H,33,37). The van der Waals surface area contributed by atoms with Crippen molar-refractivity contribution in [2.45, 2.75) is 33.6 Å². The molecule has 0 saturated carbocycles. The number of methoxy groups -OCH3 is 1. The fraction of sp³-hybridized carbons (Fsp3) is 0.548. The van der Waals surface area contributed by atoms with Crippen molar-refractivity contribution in [3.05, 3.63) is 48.0 Å². The molecule has 2 fully saturated rings. The molecule has 2 aliphatic rings. The average molecular weight is 552 g/mol. The highest BCUT2D eigenvalue weighted by atomic mass is 16.5. The smallest absolute Gasteiger partial charge is 0.253 e. The molecule has 0 radical (unpaired) electrons. The summed E-state index contributed by atoms with van der Waals surface area (Å²) in [5.74, 6) is 0.696. The van der Waals surface area contributed by atoms with Gasteiger partial charge in [-0.3, -0.25) is 14.5 Å². The summed E-state index contributed by atoms with van der Waals surface area (Å²) in [6, 6.07) is 13.8. The fourth-order valence-electron chi connectivity index (χ4n) is 5.26. The van der Waals surface area contributed by atoms with Crippen molar-refractivity contribution in [3.63, 3.8) is 0 Å². The molecule has 2 aromatic carbocycles. The molecule has 2 heterocycles. The van der Waals surface area contributed by atoms with Crippen LogP contribution in [0.1, 0.15) is 44.0 Å². The number of benzene rings is 2. The van der Waals surface area contributed by atoms with E-state index in [2.05, 4.69) is 31.4 Å². The summed E-state index contributed by atoms with van der Waals surface area (Å²) in [5.41, 5.74) is 3.08. The lowest BCUT2D eigenvalue weighted by Gasteiger charge is -2.38. The van der Waals surface area contributed by atoms with Crippen molar-refractivity contribution in [3.8, 4) is 5.75 Å². The molecule has 9 nitrogen and oxygen atoms in total. The molecule has 0 unspecified atom stereocenters. The Morgan fingerprint density at radius 2 is 1.60 bits per heavy atom. The lowest BCUT2D eigenvalue weighted by atomic mass is 9.92. The highest BCUT2D eigenvalue weighted by Gasteiger charge is 2.24. The van der Waals surface area contributed by atoms with Crippen molar-refractivity contribution in [2.24, 2.45) is 5.41 Å². The molecule has 9 heteroatoms. The number of nitrogens with zero attached hydrogens (tertiary/aromatic N) is 3. The number of anilines is 3. The molecule has 4 rings (SSSR count).